The number of nitrogens with zero attached hydrogens (tertiary/aromatic N) is 1. The first-order chi connectivity index (χ1) is 10.3. The number of rotatable bonds is 5. The van der Waals surface area contributed by atoms with E-state index in [9.17, 15) is 24.6 Å². The molecule has 0 spiro atoms. The molecule has 1 saturated heterocycles. The average Bonchev–Trinajstić information content (AvgIpc) is 2.74. The minimum Gasteiger partial charge on any atom is -0.480 e. The van der Waals surface area contributed by atoms with Gasteiger partial charge in [0.15, 0.2) is 6.23 Å². The summed E-state index contributed by atoms with van der Waals surface area (Å²) in [4.78, 5) is 35.8. The molecule has 11 nitrogen and oxygen atoms in total. The molecule has 0 unspecified atom stereocenters. The zero-order valence-electron chi connectivity index (χ0n) is 11.2. The number of carbonyl (C=O) groups is 1. The Hall–Kier alpha value is -2.21. The van der Waals surface area contributed by atoms with Gasteiger partial charge in [-0.2, -0.15) is 0 Å². The first kappa shape index (κ1) is 16.2. The summed E-state index contributed by atoms with van der Waals surface area (Å²) < 4.78 is 5.97. The molecule has 6 N–H and O–H groups in total. The van der Waals surface area contributed by atoms with E-state index in [4.69, 9.17) is 14.9 Å². The summed E-state index contributed by atoms with van der Waals surface area (Å²) >= 11 is 0. The zero-order valence-corrected chi connectivity index (χ0v) is 11.2. The molecule has 4 atom stereocenters. The Morgan fingerprint density at radius 1 is 1.36 bits per heavy atom. The lowest BCUT2D eigenvalue weighted by molar-refractivity contribution is -0.134. The normalized spacial score (nSPS) is 27.8. The fraction of sp³-hybridized carbons (Fsp3) is 0.545. The van der Waals surface area contributed by atoms with Crippen molar-refractivity contribution in [3.8, 4) is 0 Å². The maximum absolute atomic E-state index is 11.8. The molecule has 1 aromatic rings. The van der Waals surface area contributed by atoms with Gasteiger partial charge in [-0.3, -0.25) is 19.1 Å². The van der Waals surface area contributed by atoms with Crippen molar-refractivity contribution in [1.29, 1.82) is 0 Å². The van der Waals surface area contributed by atoms with Gasteiger partial charge in [0.2, 0.25) is 0 Å². The number of aliphatic carboxylic acids is 1. The highest BCUT2D eigenvalue weighted by Gasteiger charge is 2.43. The van der Waals surface area contributed by atoms with E-state index in [2.05, 4.69) is 5.32 Å². The Balaban J connectivity index is 2.35. The number of hydrogen-bond donors (Lipinski definition) is 6. The number of ether oxygens (including phenoxy) is 1. The van der Waals surface area contributed by atoms with E-state index in [-0.39, 0.29) is 5.69 Å². The standard InChI is InChI=1S/C11H15N3O8/c15-3-5-7(18)8(19)10(22-5)14-2-4(12-1-6(16)17)9(20)13-11(14)21/h2,5,7-8,10,12,15,18-19H,1,3H2,(H,16,17)(H,13,20,21)/t5-,7-,8-,10-/m1/s1. The van der Waals surface area contributed by atoms with Crippen LogP contribution in [-0.2, 0) is 9.53 Å². The lowest BCUT2D eigenvalue weighted by Crippen LogP contribution is -2.38. The number of aromatic nitrogens is 2. The minimum absolute atomic E-state index is 0.222. The van der Waals surface area contributed by atoms with E-state index in [0.717, 1.165) is 10.8 Å². The van der Waals surface area contributed by atoms with Crippen molar-refractivity contribution < 1.29 is 30.0 Å². The molecular weight excluding hydrogens is 302 g/mol. The van der Waals surface area contributed by atoms with Crippen LogP contribution in [-0.4, -0.2) is 67.4 Å². The molecule has 2 heterocycles. The fourth-order valence-corrected chi connectivity index (χ4v) is 2.08. The molecule has 0 saturated carbocycles. The van der Waals surface area contributed by atoms with Gasteiger partial charge in [0.05, 0.1) is 6.61 Å². The third-order valence-corrected chi connectivity index (χ3v) is 3.19. The fourth-order valence-electron chi connectivity index (χ4n) is 2.08. The van der Waals surface area contributed by atoms with Crippen LogP contribution in [0.4, 0.5) is 5.69 Å². The highest BCUT2D eigenvalue weighted by atomic mass is 16.6. The van der Waals surface area contributed by atoms with Crippen molar-refractivity contribution in [2.75, 3.05) is 18.5 Å². The van der Waals surface area contributed by atoms with E-state index in [0.29, 0.717) is 0 Å². The topological polar surface area (TPSA) is 174 Å². The highest BCUT2D eigenvalue weighted by Crippen LogP contribution is 2.28. The van der Waals surface area contributed by atoms with Crippen molar-refractivity contribution in [1.82, 2.24) is 9.55 Å². The maximum Gasteiger partial charge on any atom is 0.330 e. The second-order valence-corrected chi connectivity index (χ2v) is 4.69. The summed E-state index contributed by atoms with van der Waals surface area (Å²) in [7, 11) is 0. The SMILES string of the molecule is O=C(O)CNc1cn([C@@H]2O[C@H](CO)[C@@H](O)[C@H]2O)c(=O)[nH]c1=O. The Morgan fingerprint density at radius 2 is 2.05 bits per heavy atom. The number of carboxylic acids is 1. The quantitative estimate of drug-likeness (QED) is 0.324. The Morgan fingerprint density at radius 3 is 2.59 bits per heavy atom. The molecule has 0 radical (unpaired) electrons. The van der Waals surface area contributed by atoms with Crippen LogP contribution in [0.3, 0.4) is 0 Å². The summed E-state index contributed by atoms with van der Waals surface area (Å²) in [5.74, 6) is -1.22. The molecule has 1 aliphatic heterocycles. The Bertz CT molecular complexity index is 668. The molecule has 122 valence electrons. The third kappa shape index (κ3) is 3.01. The molecule has 1 aliphatic rings. The van der Waals surface area contributed by atoms with Gasteiger partial charge in [0, 0.05) is 6.20 Å². The smallest absolute Gasteiger partial charge is 0.330 e. The lowest BCUT2D eigenvalue weighted by Gasteiger charge is -2.18. The van der Waals surface area contributed by atoms with Gasteiger partial charge in [-0.1, -0.05) is 0 Å². The number of hydrogen-bond acceptors (Lipinski definition) is 8. The van der Waals surface area contributed by atoms with E-state index >= 15 is 0 Å². The van der Waals surface area contributed by atoms with Crippen molar-refractivity contribution in [2.45, 2.75) is 24.5 Å². The van der Waals surface area contributed by atoms with E-state index in [1.807, 2.05) is 4.98 Å². The molecule has 2 rings (SSSR count). The molecule has 0 aromatic carbocycles. The van der Waals surface area contributed by atoms with Crippen LogP contribution in [0.15, 0.2) is 15.8 Å². The number of nitrogens with one attached hydrogen (secondary N) is 2. The van der Waals surface area contributed by atoms with Gasteiger partial charge < -0.3 is 30.5 Å². The molecule has 0 aliphatic carbocycles. The largest absolute Gasteiger partial charge is 0.480 e. The molecular formula is C11H15N3O8. The van der Waals surface area contributed by atoms with E-state index in [1.165, 1.54) is 0 Å². The van der Waals surface area contributed by atoms with Crippen molar-refractivity contribution >= 4 is 11.7 Å². The summed E-state index contributed by atoms with van der Waals surface area (Å²) in [6.45, 7) is -1.13. The maximum atomic E-state index is 11.8. The van der Waals surface area contributed by atoms with E-state index < -0.39 is 54.9 Å². The van der Waals surface area contributed by atoms with Crippen LogP contribution in [0, 0.1) is 0 Å². The third-order valence-electron chi connectivity index (χ3n) is 3.19. The first-order valence-electron chi connectivity index (χ1n) is 6.28. The number of aliphatic hydroxyl groups is 3. The molecule has 1 fully saturated rings. The number of anilines is 1. The van der Waals surface area contributed by atoms with Crippen LogP contribution in [0.1, 0.15) is 6.23 Å². The molecule has 22 heavy (non-hydrogen) atoms. The van der Waals surface area contributed by atoms with Crippen LogP contribution in [0.2, 0.25) is 0 Å². The van der Waals surface area contributed by atoms with Crippen molar-refractivity contribution in [2.24, 2.45) is 0 Å². The van der Waals surface area contributed by atoms with Crippen LogP contribution >= 0.6 is 0 Å². The average molecular weight is 317 g/mol. The molecule has 0 bridgehead atoms. The molecule has 11 heteroatoms. The van der Waals surface area contributed by atoms with Crippen LogP contribution in [0.25, 0.3) is 0 Å². The lowest BCUT2D eigenvalue weighted by atomic mass is 10.1. The predicted octanol–water partition coefficient (Wildman–Crippen LogP) is -3.36. The number of H-pyrrole nitrogens is 1. The van der Waals surface area contributed by atoms with E-state index in [1.54, 1.807) is 0 Å². The summed E-state index contributed by atoms with van der Waals surface area (Å²) in [6, 6.07) is 0. The molecule has 0 amide bonds. The second kappa shape index (κ2) is 6.27. The monoisotopic (exact) mass is 317 g/mol. The zero-order chi connectivity index (χ0) is 16.4. The first-order valence-corrected chi connectivity index (χ1v) is 6.28. The molecule has 1 aromatic heterocycles. The summed E-state index contributed by atoms with van der Waals surface area (Å²) in [5.41, 5.74) is -1.98. The summed E-state index contributed by atoms with van der Waals surface area (Å²) in [5, 5.41) is 39.4. The number of aromatic amines is 1. The van der Waals surface area contributed by atoms with Gasteiger partial charge in [0.1, 0.15) is 30.5 Å². The highest BCUT2D eigenvalue weighted by molar-refractivity contribution is 5.72. The van der Waals surface area contributed by atoms with Gasteiger partial charge >= 0.3 is 11.7 Å². The predicted molar refractivity (Wildman–Crippen MR) is 70.5 cm³/mol. The Labute approximate surface area is 122 Å². The second-order valence-electron chi connectivity index (χ2n) is 4.69. The van der Waals surface area contributed by atoms with Gasteiger partial charge in [-0.25, -0.2) is 4.79 Å². The van der Waals surface area contributed by atoms with Crippen molar-refractivity contribution in [3.63, 3.8) is 0 Å². The Kier molecular flexibility index (Phi) is 4.61. The minimum atomic E-state index is -1.51. The van der Waals surface area contributed by atoms with Crippen molar-refractivity contribution in [3.05, 3.63) is 27.0 Å². The van der Waals surface area contributed by atoms with Crippen LogP contribution in [0.5, 0.6) is 0 Å². The van der Waals surface area contributed by atoms with Gasteiger partial charge in [0.25, 0.3) is 5.56 Å². The summed E-state index contributed by atoms with van der Waals surface area (Å²) in [6.07, 6.45) is -4.36. The number of carboxylic acid groups (broad SMARTS) is 1. The van der Waals surface area contributed by atoms with Crippen LogP contribution < -0.4 is 16.6 Å². The number of aliphatic hydroxyl groups excluding tert-OH is 3. The van der Waals surface area contributed by atoms with Gasteiger partial charge in [-0.15, -0.1) is 0 Å². The van der Waals surface area contributed by atoms with Gasteiger partial charge in [-0.05, 0) is 0 Å².